The molecule has 0 atom stereocenters. The van der Waals surface area contributed by atoms with E-state index in [9.17, 15) is 9.59 Å². The Bertz CT molecular complexity index is 854. The first-order valence-corrected chi connectivity index (χ1v) is 6.74. The van der Waals surface area contributed by atoms with Crippen LogP contribution in [-0.2, 0) is 4.79 Å². The van der Waals surface area contributed by atoms with Crippen LogP contribution in [0.2, 0.25) is 0 Å². The number of imidazole rings is 1. The van der Waals surface area contributed by atoms with Gasteiger partial charge in [-0.1, -0.05) is 6.07 Å². The number of aromatic nitrogens is 2. The molecule has 0 saturated heterocycles. The molecule has 6 nitrogen and oxygen atoms in total. The fourth-order valence-electron chi connectivity index (χ4n) is 2.16. The van der Waals surface area contributed by atoms with E-state index in [0.29, 0.717) is 16.9 Å². The molecule has 0 spiro atoms. The van der Waals surface area contributed by atoms with Crippen molar-refractivity contribution in [3.63, 3.8) is 0 Å². The molecule has 0 saturated carbocycles. The number of benzene rings is 2. The first-order chi connectivity index (χ1) is 10.6. The number of anilines is 2. The van der Waals surface area contributed by atoms with Crippen molar-refractivity contribution in [2.24, 2.45) is 0 Å². The summed E-state index contributed by atoms with van der Waals surface area (Å²) >= 11 is 0. The molecule has 2 amide bonds. The number of fused-ring (bicyclic) bond motifs is 1. The van der Waals surface area contributed by atoms with Gasteiger partial charge in [0.1, 0.15) is 0 Å². The average Bonchev–Trinajstić information content (AvgIpc) is 2.94. The second-order valence-electron chi connectivity index (χ2n) is 4.85. The van der Waals surface area contributed by atoms with Gasteiger partial charge in [-0.25, -0.2) is 4.98 Å². The molecular formula is C16H14N4O2. The first kappa shape index (κ1) is 13.8. The molecule has 0 bridgehead atoms. The van der Waals surface area contributed by atoms with E-state index in [1.165, 1.54) is 6.92 Å². The monoisotopic (exact) mass is 294 g/mol. The summed E-state index contributed by atoms with van der Waals surface area (Å²) in [4.78, 5) is 30.5. The number of H-pyrrole nitrogens is 1. The molecule has 0 aliphatic heterocycles. The third kappa shape index (κ3) is 2.95. The van der Waals surface area contributed by atoms with Crippen LogP contribution in [0.15, 0.2) is 48.8 Å². The summed E-state index contributed by atoms with van der Waals surface area (Å²) in [6, 6.07) is 12.2. The van der Waals surface area contributed by atoms with Gasteiger partial charge in [-0.3, -0.25) is 9.59 Å². The lowest BCUT2D eigenvalue weighted by Gasteiger charge is -2.07. The second kappa shape index (κ2) is 5.69. The fourth-order valence-corrected chi connectivity index (χ4v) is 2.16. The van der Waals surface area contributed by atoms with Gasteiger partial charge in [-0.05, 0) is 36.4 Å². The van der Waals surface area contributed by atoms with Gasteiger partial charge in [0.25, 0.3) is 5.91 Å². The molecule has 0 radical (unpaired) electrons. The van der Waals surface area contributed by atoms with Crippen molar-refractivity contribution in [1.29, 1.82) is 0 Å². The zero-order valence-corrected chi connectivity index (χ0v) is 11.9. The maximum atomic E-state index is 12.3. The number of aromatic amines is 1. The van der Waals surface area contributed by atoms with Crippen LogP contribution in [0.1, 0.15) is 17.3 Å². The second-order valence-corrected chi connectivity index (χ2v) is 4.85. The van der Waals surface area contributed by atoms with E-state index < -0.39 is 0 Å². The summed E-state index contributed by atoms with van der Waals surface area (Å²) in [6.07, 6.45) is 1.60. The van der Waals surface area contributed by atoms with Crippen molar-refractivity contribution in [2.75, 3.05) is 10.6 Å². The lowest BCUT2D eigenvalue weighted by atomic mass is 10.1. The topological polar surface area (TPSA) is 86.9 Å². The van der Waals surface area contributed by atoms with Crippen molar-refractivity contribution in [3.8, 4) is 0 Å². The average molecular weight is 294 g/mol. The zero-order chi connectivity index (χ0) is 15.5. The molecule has 3 rings (SSSR count). The highest BCUT2D eigenvalue weighted by Crippen LogP contribution is 2.17. The Kier molecular flexibility index (Phi) is 3.57. The highest BCUT2D eigenvalue weighted by Gasteiger charge is 2.08. The number of hydrogen-bond acceptors (Lipinski definition) is 3. The van der Waals surface area contributed by atoms with Crippen molar-refractivity contribution in [1.82, 2.24) is 9.97 Å². The third-order valence-electron chi connectivity index (χ3n) is 3.12. The highest BCUT2D eigenvalue weighted by atomic mass is 16.2. The minimum Gasteiger partial charge on any atom is -0.345 e. The number of nitrogens with zero attached hydrogens (tertiary/aromatic N) is 1. The van der Waals surface area contributed by atoms with Crippen molar-refractivity contribution >= 4 is 34.2 Å². The van der Waals surface area contributed by atoms with Crippen LogP contribution in [0.5, 0.6) is 0 Å². The van der Waals surface area contributed by atoms with Crippen LogP contribution in [0.25, 0.3) is 11.0 Å². The molecule has 2 aromatic carbocycles. The van der Waals surface area contributed by atoms with Crippen LogP contribution in [0.3, 0.4) is 0 Å². The van der Waals surface area contributed by atoms with E-state index in [1.54, 1.807) is 36.7 Å². The molecule has 3 N–H and O–H groups in total. The number of hydrogen-bond donors (Lipinski definition) is 3. The summed E-state index contributed by atoms with van der Waals surface area (Å²) in [5, 5.41) is 5.47. The quantitative estimate of drug-likeness (QED) is 0.694. The molecular weight excluding hydrogens is 280 g/mol. The summed E-state index contributed by atoms with van der Waals surface area (Å²) < 4.78 is 0. The van der Waals surface area contributed by atoms with Gasteiger partial charge >= 0.3 is 0 Å². The van der Waals surface area contributed by atoms with Crippen LogP contribution < -0.4 is 10.6 Å². The fraction of sp³-hybridized carbons (Fsp3) is 0.0625. The maximum absolute atomic E-state index is 12.3. The van der Waals surface area contributed by atoms with Gasteiger partial charge in [0, 0.05) is 23.9 Å². The van der Waals surface area contributed by atoms with E-state index in [4.69, 9.17) is 0 Å². The Hall–Kier alpha value is -3.15. The predicted octanol–water partition coefficient (Wildman–Crippen LogP) is 2.77. The lowest BCUT2D eigenvalue weighted by molar-refractivity contribution is -0.114. The zero-order valence-electron chi connectivity index (χ0n) is 11.9. The van der Waals surface area contributed by atoms with Crippen LogP contribution in [0, 0.1) is 0 Å². The summed E-state index contributed by atoms with van der Waals surface area (Å²) in [6.45, 7) is 1.42. The molecule has 110 valence electrons. The Morgan fingerprint density at radius 3 is 2.68 bits per heavy atom. The van der Waals surface area contributed by atoms with Gasteiger partial charge in [-0.15, -0.1) is 0 Å². The third-order valence-corrected chi connectivity index (χ3v) is 3.12. The highest BCUT2D eigenvalue weighted by molar-refractivity contribution is 6.05. The SMILES string of the molecule is CC(=O)Nc1cccc(C(=O)Nc2ccc3nc[nH]c3c2)c1. The lowest BCUT2D eigenvalue weighted by Crippen LogP contribution is -2.13. The Balaban J connectivity index is 1.80. The molecule has 0 unspecified atom stereocenters. The standard InChI is InChI=1S/C16H14N4O2/c1-10(21)19-12-4-2-3-11(7-12)16(22)20-13-5-6-14-15(8-13)18-9-17-14/h2-9H,1H3,(H,17,18)(H,19,21)(H,20,22). The minimum atomic E-state index is -0.244. The van der Waals surface area contributed by atoms with E-state index in [1.807, 2.05) is 12.1 Å². The van der Waals surface area contributed by atoms with E-state index in [0.717, 1.165) is 11.0 Å². The summed E-state index contributed by atoms with van der Waals surface area (Å²) in [5.41, 5.74) is 3.42. The Morgan fingerprint density at radius 1 is 1.05 bits per heavy atom. The van der Waals surface area contributed by atoms with Crippen molar-refractivity contribution < 1.29 is 9.59 Å². The summed E-state index contributed by atoms with van der Waals surface area (Å²) in [5.74, 6) is -0.423. The van der Waals surface area contributed by atoms with Crippen LogP contribution >= 0.6 is 0 Å². The molecule has 1 aromatic heterocycles. The molecule has 22 heavy (non-hydrogen) atoms. The van der Waals surface area contributed by atoms with Gasteiger partial charge in [0.2, 0.25) is 5.91 Å². The number of carbonyl (C=O) groups is 2. The molecule has 3 aromatic rings. The van der Waals surface area contributed by atoms with Gasteiger partial charge in [-0.2, -0.15) is 0 Å². The van der Waals surface area contributed by atoms with E-state index >= 15 is 0 Å². The van der Waals surface area contributed by atoms with E-state index in [2.05, 4.69) is 20.6 Å². The minimum absolute atomic E-state index is 0.178. The Morgan fingerprint density at radius 2 is 1.86 bits per heavy atom. The largest absolute Gasteiger partial charge is 0.345 e. The van der Waals surface area contributed by atoms with Gasteiger partial charge < -0.3 is 15.6 Å². The molecule has 0 aliphatic carbocycles. The van der Waals surface area contributed by atoms with Gasteiger partial charge in [0.05, 0.1) is 17.4 Å². The molecule has 0 aliphatic rings. The molecule has 1 heterocycles. The number of amides is 2. The molecule has 6 heteroatoms. The number of carbonyl (C=O) groups excluding carboxylic acids is 2. The molecule has 0 fully saturated rings. The number of nitrogens with one attached hydrogen (secondary N) is 3. The first-order valence-electron chi connectivity index (χ1n) is 6.74. The normalized spacial score (nSPS) is 10.4. The van der Waals surface area contributed by atoms with Crippen molar-refractivity contribution in [3.05, 3.63) is 54.4 Å². The smallest absolute Gasteiger partial charge is 0.255 e. The number of rotatable bonds is 3. The predicted molar refractivity (Wildman–Crippen MR) is 84.8 cm³/mol. The van der Waals surface area contributed by atoms with Gasteiger partial charge in [0.15, 0.2) is 0 Å². The van der Waals surface area contributed by atoms with Crippen molar-refractivity contribution in [2.45, 2.75) is 6.92 Å². The van der Waals surface area contributed by atoms with E-state index in [-0.39, 0.29) is 11.8 Å². The summed E-state index contributed by atoms with van der Waals surface area (Å²) in [7, 11) is 0. The van der Waals surface area contributed by atoms with Crippen LogP contribution in [-0.4, -0.2) is 21.8 Å². The van der Waals surface area contributed by atoms with Crippen LogP contribution in [0.4, 0.5) is 11.4 Å². The Labute approximate surface area is 126 Å². The maximum Gasteiger partial charge on any atom is 0.255 e.